The standard InChI is InChI=1S/C12H26O4/c1-4-10(8-13)5-11(15)7-12(3,16)6-9(2)14/h9-11,13-16H,4-8H2,1-3H3. The molecule has 0 fully saturated rings. The Labute approximate surface area is 97.9 Å². The molecule has 0 aromatic rings. The van der Waals surface area contributed by atoms with E-state index >= 15 is 0 Å². The molecule has 0 aromatic heterocycles. The van der Waals surface area contributed by atoms with Gasteiger partial charge in [0.1, 0.15) is 0 Å². The first-order valence-corrected chi connectivity index (χ1v) is 6.00. The normalized spacial score (nSPS) is 21.2. The van der Waals surface area contributed by atoms with Crippen molar-refractivity contribution in [1.82, 2.24) is 0 Å². The minimum absolute atomic E-state index is 0.0616. The van der Waals surface area contributed by atoms with E-state index in [0.29, 0.717) is 6.42 Å². The van der Waals surface area contributed by atoms with Crippen LogP contribution in [-0.4, -0.2) is 44.8 Å². The van der Waals surface area contributed by atoms with Gasteiger partial charge in [-0.15, -0.1) is 0 Å². The summed E-state index contributed by atoms with van der Waals surface area (Å²) in [6.07, 6.45) is 0.566. The zero-order valence-electron chi connectivity index (χ0n) is 10.6. The fourth-order valence-corrected chi connectivity index (χ4v) is 2.07. The molecule has 0 rings (SSSR count). The molecule has 0 aliphatic carbocycles. The molecule has 16 heavy (non-hydrogen) atoms. The van der Waals surface area contributed by atoms with Gasteiger partial charge in [-0.05, 0) is 26.2 Å². The Morgan fingerprint density at radius 1 is 1.19 bits per heavy atom. The Kier molecular flexibility index (Phi) is 7.15. The third-order valence-corrected chi connectivity index (χ3v) is 2.85. The fourth-order valence-electron chi connectivity index (χ4n) is 2.07. The topological polar surface area (TPSA) is 80.9 Å². The van der Waals surface area contributed by atoms with Gasteiger partial charge in [-0.3, -0.25) is 0 Å². The van der Waals surface area contributed by atoms with Gasteiger partial charge in [-0.25, -0.2) is 0 Å². The molecular weight excluding hydrogens is 208 g/mol. The smallest absolute Gasteiger partial charge is 0.0668 e. The highest BCUT2D eigenvalue weighted by Gasteiger charge is 2.27. The van der Waals surface area contributed by atoms with Gasteiger partial charge in [-0.2, -0.15) is 0 Å². The van der Waals surface area contributed by atoms with Crippen molar-refractivity contribution in [3.05, 3.63) is 0 Å². The lowest BCUT2D eigenvalue weighted by atomic mass is 9.88. The second-order valence-electron chi connectivity index (χ2n) is 5.10. The highest BCUT2D eigenvalue weighted by atomic mass is 16.3. The van der Waals surface area contributed by atoms with E-state index in [2.05, 4.69) is 0 Å². The van der Waals surface area contributed by atoms with Crippen molar-refractivity contribution in [2.45, 2.75) is 64.3 Å². The monoisotopic (exact) mass is 234 g/mol. The largest absolute Gasteiger partial charge is 0.396 e. The average molecular weight is 234 g/mol. The van der Waals surface area contributed by atoms with Crippen LogP contribution < -0.4 is 0 Å². The Hall–Kier alpha value is -0.160. The van der Waals surface area contributed by atoms with Crippen LogP contribution in [-0.2, 0) is 0 Å². The van der Waals surface area contributed by atoms with Crippen molar-refractivity contribution < 1.29 is 20.4 Å². The molecule has 4 atom stereocenters. The highest BCUT2D eigenvalue weighted by molar-refractivity contribution is 4.79. The summed E-state index contributed by atoms with van der Waals surface area (Å²) in [5.74, 6) is 0.0809. The molecular formula is C12H26O4. The molecule has 4 heteroatoms. The summed E-state index contributed by atoms with van der Waals surface area (Å²) in [5, 5.41) is 37.9. The van der Waals surface area contributed by atoms with Crippen molar-refractivity contribution in [2.75, 3.05) is 6.61 Å². The maximum absolute atomic E-state index is 9.93. The molecule has 0 heterocycles. The molecule has 98 valence electrons. The molecule has 0 bridgehead atoms. The van der Waals surface area contributed by atoms with Crippen molar-refractivity contribution in [3.63, 3.8) is 0 Å². The highest BCUT2D eigenvalue weighted by Crippen LogP contribution is 2.22. The number of aliphatic hydroxyl groups is 4. The molecule has 0 saturated carbocycles. The summed E-state index contributed by atoms with van der Waals surface area (Å²) in [6, 6.07) is 0. The molecule has 0 amide bonds. The summed E-state index contributed by atoms with van der Waals surface area (Å²) in [5.41, 5.74) is -1.05. The van der Waals surface area contributed by atoms with Gasteiger partial charge in [0, 0.05) is 19.4 Å². The van der Waals surface area contributed by atoms with Crippen LogP contribution in [0.25, 0.3) is 0 Å². The van der Waals surface area contributed by atoms with Crippen LogP contribution in [0, 0.1) is 5.92 Å². The zero-order valence-corrected chi connectivity index (χ0v) is 10.6. The van der Waals surface area contributed by atoms with Crippen LogP contribution in [0.3, 0.4) is 0 Å². The van der Waals surface area contributed by atoms with Crippen LogP contribution in [0.4, 0.5) is 0 Å². The van der Waals surface area contributed by atoms with Crippen LogP contribution in [0.5, 0.6) is 0 Å². The van der Waals surface area contributed by atoms with Crippen LogP contribution >= 0.6 is 0 Å². The first-order chi connectivity index (χ1) is 7.30. The maximum atomic E-state index is 9.93. The predicted octanol–water partition coefficient (Wildman–Crippen LogP) is 0.668. The summed E-state index contributed by atoms with van der Waals surface area (Å²) < 4.78 is 0. The lowest BCUT2D eigenvalue weighted by Gasteiger charge is -2.28. The van der Waals surface area contributed by atoms with Gasteiger partial charge < -0.3 is 20.4 Å². The third kappa shape index (κ3) is 7.17. The molecule has 0 spiro atoms. The first kappa shape index (κ1) is 15.8. The Bertz CT molecular complexity index is 176. The molecule has 0 saturated heterocycles. The third-order valence-electron chi connectivity index (χ3n) is 2.85. The second-order valence-corrected chi connectivity index (χ2v) is 5.10. The lowest BCUT2D eigenvalue weighted by molar-refractivity contribution is -0.0346. The van der Waals surface area contributed by atoms with Crippen LogP contribution in [0.15, 0.2) is 0 Å². The van der Waals surface area contributed by atoms with Crippen molar-refractivity contribution in [1.29, 1.82) is 0 Å². The number of aliphatic hydroxyl groups excluding tert-OH is 3. The second kappa shape index (κ2) is 7.22. The molecule has 0 radical (unpaired) electrons. The van der Waals surface area contributed by atoms with E-state index in [4.69, 9.17) is 5.11 Å². The van der Waals surface area contributed by atoms with Gasteiger partial charge in [0.05, 0.1) is 17.8 Å². The number of rotatable bonds is 8. The van der Waals surface area contributed by atoms with Gasteiger partial charge in [0.15, 0.2) is 0 Å². The Morgan fingerprint density at radius 2 is 1.75 bits per heavy atom. The minimum atomic E-state index is -1.05. The van der Waals surface area contributed by atoms with Crippen molar-refractivity contribution in [3.8, 4) is 0 Å². The summed E-state index contributed by atoms with van der Waals surface area (Å²) in [4.78, 5) is 0. The van der Waals surface area contributed by atoms with E-state index in [9.17, 15) is 15.3 Å². The quantitative estimate of drug-likeness (QED) is 0.497. The van der Waals surface area contributed by atoms with Gasteiger partial charge in [-0.1, -0.05) is 13.3 Å². The molecule has 0 aromatic carbocycles. The summed E-state index contributed by atoms with van der Waals surface area (Å²) >= 11 is 0. The molecule has 4 nitrogen and oxygen atoms in total. The average Bonchev–Trinajstić information content (AvgIpc) is 2.10. The predicted molar refractivity (Wildman–Crippen MR) is 63.0 cm³/mol. The van der Waals surface area contributed by atoms with E-state index in [1.165, 1.54) is 0 Å². The number of hydrogen-bond acceptors (Lipinski definition) is 4. The lowest BCUT2D eigenvalue weighted by Crippen LogP contribution is -2.34. The fraction of sp³-hybridized carbons (Fsp3) is 1.00. The van der Waals surface area contributed by atoms with Crippen molar-refractivity contribution in [2.24, 2.45) is 5.92 Å². The summed E-state index contributed by atoms with van der Waals surface area (Å²) in [6.45, 7) is 5.25. The van der Waals surface area contributed by atoms with Gasteiger partial charge >= 0.3 is 0 Å². The van der Waals surface area contributed by atoms with Gasteiger partial charge in [0.2, 0.25) is 0 Å². The van der Waals surface area contributed by atoms with E-state index in [1.807, 2.05) is 6.92 Å². The summed E-state index contributed by atoms with van der Waals surface area (Å²) in [7, 11) is 0. The minimum Gasteiger partial charge on any atom is -0.396 e. The first-order valence-electron chi connectivity index (χ1n) is 6.00. The van der Waals surface area contributed by atoms with E-state index in [-0.39, 0.29) is 25.4 Å². The van der Waals surface area contributed by atoms with Gasteiger partial charge in [0.25, 0.3) is 0 Å². The number of hydrogen-bond donors (Lipinski definition) is 4. The van der Waals surface area contributed by atoms with Crippen LogP contribution in [0.1, 0.15) is 46.5 Å². The molecule has 0 aliphatic heterocycles. The van der Waals surface area contributed by atoms with E-state index < -0.39 is 17.8 Å². The SMILES string of the molecule is CCC(CO)CC(O)CC(C)(O)CC(C)O. The molecule has 4 unspecified atom stereocenters. The zero-order chi connectivity index (χ0) is 12.8. The maximum Gasteiger partial charge on any atom is 0.0668 e. The molecule has 4 N–H and O–H groups in total. The Balaban J connectivity index is 4.06. The van der Waals surface area contributed by atoms with E-state index in [1.54, 1.807) is 13.8 Å². The van der Waals surface area contributed by atoms with Crippen molar-refractivity contribution >= 4 is 0 Å². The van der Waals surface area contributed by atoms with Crippen LogP contribution in [0.2, 0.25) is 0 Å². The van der Waals surface area contributed by atoms with E-state index in [0.717, 1.165) is 6.42 Å². The molecule has 0 aliphatic rings. The Morgan fingerprint density at radius 3 is 2.12 bits per heavy atom.